The molecular formula is C12H27N3O2S. The van der Waals surface area contributed by atoms with Gasteiger partial charge in [0.1, 0.15) is 0 Å². The van der Waals surface area contributed by atoms with Gasteiger partial charge in [-0.1, -0.05) is 6.92 Å². The van der Waals surface area contributed by atoms with E-state index in [2.05, 4.69) is 24.1 Å². The van der Waals surface area contributed by atoms with Gasteiger partial charge in [-0.3, -0.25) is 4.90 Å². The largest absolute Gasteiger partial charge is 0.316 e. The van der Waals surface area contributed by atoms with Crippen LogP contribution in [0.1, 0.15) is 27.7 Å². The van der Waals surface area contributed by atoms with Crippen LogP contribution >= 0.6 is 0 Å². The van der Waals surface area contributed by atoms with Crippen molar-refractivity contribution in [1.29, 1.82) is 0 Å². The van der Waals surface area contributed by atoms with Crippen LogP contribution in [0.3, 0.4) is 0 Å². The quantitative estimate of drug-likeness (QED) is 0.761. The maximum Gasteiger partial charge on any atom is 0.218 e. The Labute approximate surface area is 112 Å². The van der Waals surface area contributed by atoms with Gasteiger partial charge in [0.15, 0.2) is 0 Å². The second kappa shape index (κ2) is 6.84. The van der Waals surface area contributed by atoms with Gasteiger partial charge in [0.05, 0.1) is 5.25 Å². The van der Waals surface area contributed by atoms with Gasteiger partial charge in [-0.2, -0.15) is 4.31 Å². The van der Waals surface area contributed by atoms with Crippen LogP contribution in [-0.4, -0.2) is 68.2 Å². The van der Waals surface area contributed by atoms with Crippen LogP contribution in [0.15, 0.2) is 0 Å². The molecule has 0 saturated carbocycles. The lowest BCUT2D eigenvalue weighted by molar-refractivity contribution is 0.153. The van der Waals surface area contributed by atoms with Gasteiger partial charge in [-0.25, -0.2) is 8.42 Å². The number of piperazine rings is 1. The van der Waals surface area contributed by atoms with Crippen LogP contribution in [0.4, 0.5) is 0 Å². The lowest BCUT2D eigenvalue weighted by Gasteiger charge is -2.37. The van der Waals surface area contributed by atoms with Crippen LogP contribution in [0, 0.1) is 0 Å². The lowest BCUT2D eigenvalue weighted by Crippen LogP contribution is -2.53. The topological polar surface area (TPSA) is 52.7 Å². The molecule has 108 valence electrons. The van der Waals surface area contributed by atoms with Crippen LogP contribution < -0.4 is 5.32 Å². The highest BCUT2D eigenvalue weighted by atomic mass is 32.2. The fourth-order valence-electron chi connectivity index (χ4n) is 2.18. The molecule has 1 rings (SSSR count). The van der Waals surface area contributed by atoms with Crippen molar-refractivity contribution in [3.8, 4) is 0 Å². The van der Waals surface area contributed by atoms with E-state index in [1.165, 1.54) is 0 Å². The highest BCUT2D eigenvalue weighted by molar-refractivity contribution is 7.89. The Kier molecular flexibility index (Phi) is 6.04. The Morgan fingerprint density at radius 1 is 1.11 bits per heavy atom. The molecule has 0 spiro atoms. The second-order valence-electron chi connectivity index (χ2n) is 5.19. The molecule has 1 heterocycles. The molecule has 1 unspecified atom stereocenters. The zero-order chi connectivity index (χ0) is 13.8. The summed E-state index contributed by atoms with van der Waals surface area (Å²) in [6.07, 6.45) is 0. The maximum absolute atomic E-state index is 12.3. The molecule has 0 aliphatic carbocycles. The van der Waals surface area contributed by atoms with E-state index in [0.717, 1.165) is 19.6 Å². The minimum atomic E-state index is -3.14. The molecular weight excluding hydrogens is 250 g/mol. The second-order valence-corrected chi connectivity index (χ2v) is 7.54. The number of nitrogens with one attached hydrogen (secondary N) is 1. The zero-order valence-electron chi connectivity index (χ0n) is 12.0. The molecule has 0 aromatic heterocycles. The number of hydrogen-bond acceptors (Lipinski definition) is 4. The molecule has 1 aliphatic heterocycles. The first-order chi connectivity index (χ1) is 8.39. The maximum atomic E-state index is 12.3. The van der Waals surface area contributed by atoms with Crippen molar-refractivity contribution in [2.45, 2.75) is 39.0 Å². The minimum Gasteiger partial charge on any atom is -0.316 e. The molecule has 1 aliphatic rings. The molecule has 0 radical (unpaired) electrons. The average molecular weight is 277 g/mol. The predicted molar refractivity (Wildman–Crippen MR) is 75.2 cm³/mol. The normalized spacial score (nSPS) is 21.4. The van der Waals surface area contributed by atoms with E-state index in [0.29, 0.717) is 25.7 Å². The molecule has 1 N–H and O–H groups in total. The molecule has 1 saturated heterocycles. The summed E-state index contributed by atoms with van der Waals surface area (Å²) < 4.78 is 26.3. The Bertz CT molecular complexity index is 335. The van der Waals surface area contributed by atoms with Gasteiger partial charge in [-0.05, 0) is 27.3 Å². The van der Waals surface area contributed by atoms with Crippen molar-refractivity contribution >= 4 is 10.0 Å². The molecule has 0 aromatic rings. The monoisotopic (exact) mass is 277 g/mol. The van der Waals surface area contributed by atoms with E-state index in [-0.39, 0.29) is 5.25 Å². The first-order valence-electron chi connectivity index (χ1n) is 6.83. The number of hydrogen-bond donors (Lipinski definition) is 1. The number of sulfonamides is 1. The fraction of sp³-hybridized carbons (Fsp3) is 1.00. The average Bonchev–Trinajstić information content (AvgIpc) is 2.35. The van der Waals surface area contributed by atoms with Gasteiger partial charge in [0, 0.05) is 38.8 Å². The summed E-state index contributed by atoms with van der Waals surface area (Å²) in [6.45, 7) is 12.3. The van der Waals surface area contributed by atoms with Crippen LogP contribution in [-0.2, 0) is 10.0 Å². The Balaban J connectivity index is 2.55. The van der Waals surface area contributed by atoms with E-state index in [9.17, 15) is 8.42 Å². The van der Waals surface area contributed by atoms with Crippen LogP contribution in [0.5, 0.6) is 0 Å². The smallest absolute Gasteiger partial charge is 0.218 e. The van der Waals surface area contributed by atoms with Crippen molar-refractivity contribution < 1.29 is 8.42 Å². The van der Waals surface area contributed by atoms with Crippen molar-refractivity contribution in [2.75, 3.05) is 39.3 Å². The summed E-state index contributed by atoms with van der Waals surface area (Å²) in [7, 11) is -3.14. The molecule has 0 amide bonds. The van der Waals surface area contributed by atoms with Crippen LogP contribution in [0.25, 0.3) is 0 Å². The SMILES string of the molecule is CCNCC(C)S(=O)(=O)N1CCN(C(C)C)CC1. The molecule has 6 heteroatoms. The van der Waals surface area contributed by atoms with Crippen molar-refractivity contribution in [2.24, 2.45) is 0 Å². The van der Waals surface area contributed by atoms with E-state index in [1.807, 2.05) is 6.92 Å². The third kappa shape index (κ3) is 3.91. The Hall–Kier alpha value is -0.170. The van der Waals surface area contributed by atoms with Gasteiger partial charge in [0.25, 0.3) is 0 Å². The summed E-state index contributed by atoms with van der Waals surface area (Å²) in [5.74, 6) is 0. The summed E-state index contributed by atoms with van der Waals surface area (Å²) in [5.41, 5.74) is 0. The molecule has 1 fully saturated rings. The highest BCUT2D eigenvalue weighted by Gasteiger charge is 2.31. The van der Waals surface area contributed by atoms with E-state index < -0.39 is 10.0 Å². The van der Waals surface area contributed by atoms with E-state index >= 15 is 0 Å². The molecule has 1 atom stereocenters. The molecule has 5 nitrogen and oxygen atoms in total. The van der Waals surface area contributed by atoms with Gasteiger partial charge >= 0.3 is 0 Å². The third-order valence-corrected chi connectivity index (χ3v) is 5.82. The van der Waals surface area contributed by atoms with Gasteiger partial charge < -0.3 is 5.32 Å². The summed E-state index contributed by atoms with van der Waals surface area (Å²) in [5, 5.41) is 2.76. The highest BCUT2D eigenvalue weighted by Crippen LogP contribution is 2.13. The van der Waals surface area contributed by atoms with Crippen molar-refractivity contribution in [3.05, 3.63) is 0 Å². The summed E-state index contributed by atoms with van der Waals surface area (Å²) in [4.78, 5) is 2.32. The number of rotatable bonds is 6. The predicted octanol–water partition coefficient (Wildman–Crippen LogP) is 0.340. The zero-order valence-corrected chi connectivity index (χ0v) is 12.8. The van der Waals surface area contributed by atoms with E-state index in [4.69, 9.17) is 0 Å². The van der Waals surface area contributed by atoms with E-state index in [1.54, 1.807) is 11.2 Å². The Morgan fingerprint density at radius 3 is 2.11 bits per heavy atom. The fourth-order valence-corrected chi connectivity index (χ4v) is 3.69. The standard InChI is InChI=1S/C12H27N3O2S/c1-5-13-10-12(4)18(16,17)15-8-6-14(7-9-15)11(2)3/h11-13H,5-10H2,1-4H3. The summed E-state index contributed by atoms with van der Waals surface area (Å²) >= 11 is 0. The van der Waals surface area contributed by atoms with Crippen molar-refractivity contribution in [1.82, 2.24) is 14.5 Å². The molecule has 0 bridgehead atoms. The lowest BCUT2D eigenvalue weighted by atomic mass is 10.3. The number of nitrogens with zero attached hydrogens (tertiary/aromatic N) is 2. The minimum absolute atomic E-state index is 0.344. The molecule has 0 aromatic carbocycles. The Morgan fingerprint density at radius 2 is 1.67 bits per heavy atom. The summed E-state index contributed by atoms with van der Waals surface area (Å²) in [6, 6.07) is 0.494. The van der Waals surface area contributed by atoms with Gasteiger partial charge in [0.2, 0.25) is 10.0 Å². The molecule has 18 heavy (non-hydrogen) atoms. The third-order valence-electron chi connectivity index (χ3n) is 3.55. The van der Waals surface area contributed by atoms with Crippen molar-refractivity contribution in [3.63, 3.8) is 0 Å². The van der Waals surface area contributed by atoms with Crippen LogP contribution in [0.2, 0.25) is 0 Å². The first kappa shape index (κ1) is 15.9. The first-order valence-corrected chi connectivity index (χ1v) is 8.33. The van der Waals surface area contributed by atoms with Gasteiger partial charge in [-0.15, -0.1) is 0 Å².